The molecule has 0 saturated carbocycles. The van der Waals surface area contributed by atoms with E-state index in [-0.39, 0.29) is 41.4 Å². The number of benzene rings is 1. The van der Waals surface area contributed by atoms with Gasteiger partial charge in [0, 0.05) is 19.9 Å². The number of urea groups is 1. The number of rotatable bonds is 1. The lowest BCUT2D eigenvalue weighted by Crippen LogP contribution is -2.91. The van der Waals surface area contributed by atoms with Crippen molar-refractivity contribution in [3.63, 3.8) is 0 Å². The van der Waals surface area contributed by atoms with Crippen LogP contribution in [0.15, 0.2) is 16.7 Å². The molecule has 1 saturated heterocycles. The van der Waals surface area contributed by atoms with Crippen molar-refractivity contribution in [2.45, 2.75) is 38.5 Å². The molecule has 9 nitrogen and oxygen atoms in total. The fourth-order valence-corrected chi connectivity index (χ4v) is 5.00. The van der Waals surface area contributed by atoms with E-state index in [4.69, 9.17) is 15.6 Å². The summed E-state index contributed by atoms with van der Waals surface area (Å²) >= 11 is 0. The SMILES string of the molecule is C#C[C@@H]1O[C@H](C)CN2c3c(cc(-c4cnc(C)o4)c(F)c3F)CC3(C(=O)NC(=O)[NH+]=C3O)[C@@H]12. The number of amides is 3. The molecule has 3 amide bonds. The van der Waals surface area contributed by atoms with Gasteiger partial charge in [0.25, 0.3) is 5.90 Å². The fraction of sp³-hybridized carbons (Fsp3) is 0.364. The van der Waals surface area contributed by atoms with Gasteiger partial charge in [-0.2, -0.15) is 15.1 Å². The van der Waals surface area contributed by atoms with Crippen molar-refractivity contribution < 1.29 is 37.6 Å². The molecule has 3 N–H and O–H groups in total. The smallest absolute Gasteiger partial charge is 0.480 e. The number of hydrogen-bond donors (Lipinski definition) is 3. The highest BCUT2D eigenvalue weighted by molar-refractivity contribution is 6.12. The summed E-state index contributed by atoms with van der Waals surface area (Å²) < 4.78 is 42.0. The van der Waals surface area contributed by atoms with Gasteiger partial charge in [0.05, 0.1) is 29.6 Å². The van der Waals surface area contributed by atoms with Gasteiger partial charge < -0.3 is 19.2 Å². The van der Waals surface area contributed by atoms with Crippen LogP contribution in [0.5, 0.6) is 0 Å². The topological polar surface area (TPSA) is 119 Å². The Morgan fingerprint density at radius 2 is 2.15 bits per heavy atom. The number of carbonyl (C=O) groups excluding carboxylic acids is 2. The molecule has 170 valence electrons. The number of nitrogens with one attached hydrogen (secondary N) is 2. The molecule has 0 radical (unpaired) electrons. The summed E-state index contributed by atoms with van der Waals surface area (Å²) in [7, 11) is 0. The minimum Gasteiger partial charge on any atom is -0.480 e. The Hall–Kier alpha value is -3.78. The molecule has 33 heavy (non-hydrogen) atoms. The van der Waals surface area contributed by atoms with Crippen molar-refractivity contribution in [2.24, 2.45) is 5.41 Å². The minimum absolute atomic E-state index is 0.00863. The molecule has 1 aromatic heterocycles. The lowest BCUT2D eigenvalue weighted by molar-refractivity contribution is -0.366. The number of hydrogen-bond acceptors (Lipinski definition) is 6. The molecule has 4 heterocycles. The van der Waals surface area contributed by atoms with E-state index >= 15 is 8.78 Å². The van der Waals surface area contributed by atoms with Gasteiger partial charge in [-0.1, -0.05) is 5.92 Å². The number of aryl methyl sites for hydroxylation is 1. The number of aromatic nitrogens is 1. The second kappa shape index (κ2) is 7.11. The number of imide groups is 1. The summed E-state index contributed by atoms with van der Waals surface area (Å²) in [6, 6.07) is -0.668. The largest absolute Gasteiger partial charge is 0.498 e. The monoisotopic (exact) mass is 457 g/mol. The number of halogens is 2. The highest BCUT2D eigenvalue weighted by Crippen LogP contribution is 2.48. The van der Waals surface area contributed by atoms with Crippen LogP contribution in [0.1, 0.15) is 18.4 Å². The zero-order valence-corrected chi connectivity index (χ0v) is 17.6. The van der Waals surface area contributed by atoms with Gasteiger partial charge in [-0.05, 0) is 18.6 Å². The molecule has 1 unspecified atom stereocenters. The Kier molecular flexibility index (Phi) is 4.54. The number of fused-ring (bicyclic) bond motifs is 4. The van der Waals surface area contributed by atoms with Gasteiger partial charge >= 0.3 is 11.9 Å². The van der Waals surface area contributed by atoms with Gasteiger partial charge in [0.1, 0.15) is 6.10 Å². The normalized spacial score (nSPS) is 28.6. The average Bonchev–Trinajstić information content (AvgIpc) is 3.19. The predicted molar refractivity (Wildman–Crippen MR) is 109 cm³/mol. The third-order valence-corrected chi connectivity index (χ3v) is 6.31. The number of nitrogens with zero attached hydrogens (tertiary/aromatic N) is 2. The van der Waals surface area contributed by atoms with Crippen LogP contribution in [-0.2, 0) is 16.0 Å². The van der Waals surface area contributed by atoms with Crippen LogP contribution < -0.4 is 15.2 Å². The molecule has 1 fully saturated rings. The summed E-state index contributed by atoms with van der Waals surface area (Å²) in [5.41, 5.74) is -1.86. The maximum absolute atomic E-state index is 15.6. The van der Waals surface area contributed by atoms with Crippen molar-refractivity contribution in [2.75, 3.05) is 11.4 Å². The molecule has 5 rings (SSSR count). The van der Waals surface area contributed by atoms with E-state index < -0.39 is 53.1 Å². The predicted octanol–water partition coefficient (Wildman–Crippen LogP) is 0.353. The Balaban J connectivity index is 1.79. The zero-order chi connectivity index (χ0) is 23.7. The first-order valence-electron chi connectivity index (χ1n) is 10.2. The Labute approximate surface area is 186 Å². The van der Waals surface area contributed by atoms with Crippen LogP contribution in [0.2, 0.25) is 0 Å². The molecular weight excluding hydrogens is 438 g/mol. The minimum atomic E-state index is -1.81. The number of terminal acetylenes is 1. The molecular formula is C22H19F2N4O5+. The van der Waals surface area contributed by atoms with Gasteiger partial charge in [-0.3, -0.25) is 0 Å². The Morgan fingerprint density at radius 3 is 2.79 bits per heavy atom. The molecule has 1 spiro atoms. The first-order chi connectivity index (χ1) is 15.7. The Bertz CT molecular complexity index is 1280. The van der Waals surface area contributed by atoms with E-state index in [1.165, 1.54) is 17.2 Å². The number of carbonyl (C=O) groups is 2. The van der Waals surface area contributed by atoms with Crippen LogP contribution in [-0.4, -0.2) is 52.7 Å². The van der Waals surface area contributed by atoms with Crippen molar-refractivity contribution in [1.29, 1.82) is 0 Å². The fourth-order valence-electron chi connectivity index (χ4n) is 5.00. The third kappa shape index (κ3) is 2.87. The van der Waals surface area contributed by atoms with E-state index in [1.807, 2.05) is 0 Å². The number of oxazole rings is 1. The van der Waals surface area contributed by atoms with Crippen LogP contribution in [0.4, 0.5) is 19.3 Å². The number of aliphatic hydroxyl groups excluding tert-OH is 1. The highest BCUT2D eigenvalue weighted by Gasteiger charge is 2.66. The zero-order valence-electron chi connectivity index (χ0n) is 17.6. The van der Waals surface area contributed by atoms with Gasteiger partial charge in [0.15, 0.2) is 28.7 Å². The highest BCUT2D eigenvalue weighted by atomic mass is 19.2. The Morgan fingerprint density at radius 1 is 1.39 bits per heavy atom. The first kappa shape index (κ1) is 21.1. The van der Waals surface area contributed by atoms with Gasteiger partial charge in [0.2, 0.25) is 0 Å². The average molecular weight is 457 g/mol. The van der Waals surface area contributed by atoms with Crippen molar-refractivity contribution in [3.05, 3.63) is 35.4 Å². The second-order valence-electron chi connectivity index (χ2n) is 8.34. The quantitative estimate of drug-likeness (QED) is 0.529. The molecule has 0 bridgehead atoms. The van der Waals surface area contributed by atoms with E-state index in [0.717, 1.165) is 0 Å². The van der Waals surface area contributed by atoms with Gasteiger partial charge in [-0.15, -0.1) is 6.42 Å². The number of ether oxygens (including phenoxy) is 1. The number of morpholine rings is 1. The van der Waals surface area contributed by atoms with Crippen LogP contribution in [0.25, 0.3) is 11.3 Å². The summed E-state index contributed by atoms with van der Waals surface area (Å²) in [6.45, 7) is 3.32. The maximum atomic E-state index is 15.6. The molecule has 11 heteroatoms. The van der Waals surface area contributed by atoms with Crippen LogP contribution in [0.3, 0.4) is 0 Å². The molecule has 3 aliphatic rings. The van der Waals surface area contributed by atoms with E-state index in [1.54, 1.807) is 13.8 Å². The lowest BCUT2D eigenvalue weighted by Gasteiger charge is -2.53. The lowest BCUT2D eigenvalue weighted by atomic mass is 9.67. The molecule has 3 aliphatic heterocycles. The summed E-state index contributed by atoms with van der Waals surface area (Å²) in [4.78, 5) is 32.6. The molecule has 0 aliphatic carbocycles. The van der Waals surface area contributed by atoms with Crippen LogP contribution >= 0.6 is 0 Å². The summed E-state index contributed by atoms with van der Waals surface area (Å²) in [6.07, 6.45) is 5.10. The maximum Gasteiger partial charge on any atom is 0.498 e. The van der Waals surface area contributed by atoms with Crippen LogP contribution in [0, 0.1) is 36.3 Å². The van der Waals surface area contributed by atoms with Crippen molar-refractivity contribution in [3.8, 4) is 23.7 Å². The molecule has 1 aromatic carbocycles. The molecule has 2 aromatic rings. The summed E-state index contributed by atoms with van der Waals surface area (Å²) in [5, 5.41) is 13.0. The van der Waals surface area contributed by atoms with Gasteiger partial charge in [-0.25, -0.2) is 18.6 Å². The number of anilines is 1. The van der Waals surface area contributed by atoms with E-state index in [2.05, 4.69) is 21.2 Å². The standard InChI is InChI=1S/C22H18F2N4O5/c1-4-13-18-22(19(29)26-21(31)27-20(22)30)6-11-5-12(14-7-25-10(3)33-14)15(23)16(24)17(11)28(18)8-9(2)32-13/h1,5,7,9,13,18H,6,8H2,2-3H3,(H2,26,27,29,30,31)/p+1/t9-,13+,18-/m1/s1. The van der Waals surface area contributed by atoms with Crippen molar-refractivity contribution in [1.82, 2.24) is 10.3 Å². The second-order valence-corrected chi connectivity index (χ2v) is 8.34. The van der Waals surface area contributed by atoms with E-state index in [0.29, 0.717) is 0 Å². The summed E-state index contributed by atoms with van der Waals surface area (Å²) in [5.74, 6) is -1.06. The van der Waals surface area contributed by atoms with E-state index in [9.17, 15) is 14.7 Å². The molecule has 4 atom stereocenters. The van der Waals surface area contributed by atoms with Crippen molar-refractivity contribution >= 4 is 23.5 Å². The first-order valence-corrected chi connectivity index (χ1v) is 10.2. The number of aliphatic hydroxyl groups is 1. The third-order valence-electron chi connectivity index (χ3n) is 6.31.